The van der Waals surface area contributed by atoms with E-state index in [1.54, 1.807) is 0 Å². The molecule has 0 atom stereocenters. The minimum Gasteiger partial charge on any atom is -0.344 e. The van der Waals surface area contributed by atoms with Gasteiger partial charge in [0.25, 0.3) is 0 Å². The molecular weight excluding hydrogens is 298 g/mol. The number of hydrogen-bond acceptors (Lipinski definition) is 3. The molecule has 0 aliphatic carbocycles. The Morgan fingerprint density at radius 1 is 1.17 bits per heavy atom. The normalized spacial score (nSPS) is 11.8. The Morgan fingerprint density at radius 2 is 1.96 bits per heavy atom. The van der Waals surface area contributed by atoms with E-state index in [4.69, 9.17) is 0 Å². The van der Waals surface area contributed by atoms with E-state index in [2.05, 4.69) is 63.2 Å². The first-order chi connectivity index (χ1) is 11.8. The van der Waals surface area contributed by atoms with Gasteiger partial charge in [-0.05, 0) is 32.0 Å². The number of fused-ring (bicyclic) bond motifs is 2. The third kappa shape index (κ3) is 2.34. The van der Waals surface area contributed by atoms with Gasteiger partial charge in [-0.25, -0.2) is 10.4 Å². The van der Waals surface area contributed by atoms with Gasteiger partial charge >= 0.3 is 0 Å². The molecule has 2 N–H and O–H groups in total. The van der Waals surface area contributed by atoms with Crippen LogP contribution < -0.4 is 5.43 Å². The molecule has 4 aromatic rings. The number of anilines is 1. The number of hydrogen-bond donors (Lipinski definition) is 2. The number of aryl methyl sites for hydroxylation is 1. The fraction of sp³-hybridized carbons (Fsp3) is 0.158. The van der Waals surface area contributed by atoms with Crippen molar-refractivity contribution >= 4 is 34.1 Å². The highest BCUT2D eigenvalue weighted by Gasteiger charge is 2.10. The lowest BCUT2D eigenvalue weighted by Crippen LogP contribution is -1.98. The summed E-state index contributed by atoms with van der Waals surface area (Å²) in [5, 5.41) is 5.60. The van der Waals surface area contributed by atoms with Gasteiger partial charge in [-0.15, -0.1) is 0 Å². The SMILES string of the molecule is CCn1c(C)c(/C=N\Nc2nc3ccccc3[nH]2)c2ccccc21. The summed E-state index contributed by atoms with van der Waals surface area (Å²) in [6.45, 7) is 5.23. The quantitative estimate of drug-likeness (QED) is 0.436. The molecule has 24 heavy (non-hydrogen) atoms. The third-order valence-electron chi connectivity index (χ3n) is 4.35. The van der Waals surface area contributed by atoms with Crippen molar-refractivity contribution in [1.82, 2.24) is 14.5 Å². The number of para-hydroxylation sites is 3. The molecule has 2 heterocycles. The monoisotopic (exact) mass is 317 g/mol. The van der Waals surface area contributed by atoms with Crippen LogP contribution in [0, 0.1) is 6.92 Å². The van der Waals surface area contributed by atoms with E-state index in [9.17, 15) is 0 Å². The zero-order valence-electron chi connectivity index (χ0n) is 13.7. The number of rotatable bonds is 4. The lowest BCUT2D eigenvalue weighted by Gasteiger charge is -2.03. The molecule has 0 unspecified atom stereocenters. The molecule has 0 saturated heterocycles. The van der Waals surface area contributed by atoms with Gasteiger partial charge in [0.1, 0.15) is 0 Å². The number of hydrazone groups is 1. The summed E-state index contributed by atoms with van der Waals surface area (Å²) in [7, 11) is 0. The highest BCUT2D eigenvalue weighted by Crippen LogP contribution is 2.24. The first kappa shape index (κ1) is 14.5. The molecule has 4 rings (SSSR count). The summed E-state index contributed by atoms with van der Waals surface area (Å²) in [6.07, 6.45) is 1.87. The van der Waals surface area contributed by atoms with Gasteiger partial charge < -0.3 is 9.55 Å². The molecular formula is C19H19N5. The summed E-state index contributed by atoms with van der Waals surface area (Å²) in [6, 6.07) is 16.3. The van der Waals surface area contributed by atoms with Crippen molar-refractivity contribution < 1.29 is 0 Å². The molecule has 0 spiro atoms. The molecule has 5 heteroatoms. The van der Waals surface area contributed by atoms with Crippen molar-refractivity contribution in [3.63, 3.8) is 0 Å². The molecule has 0 fully saturated rings. The van der Waals surface area contributed by atoms with E-state index in [1.165, 1.54) is 16.6 Å². The van der Waals surface area contributed by atoms with Crippen LogP contribution in [0.5, 0.6) is 0 Å². The predicted molar refractivity (Wildman–Crippen MR) is 99.7 cm³/mol. The maximum atomic E-state index is 4.46. The summed E-state index contributed by atoms with van der Waals surface area (Å²) in [5.74, 6) is 0.643. The summed E-state index contributed by atoms with van der Waals surface area (Å²) >= 11 is 0. The highest BCUT2D eigenvalue weighted by molar-refractivity contribution is 6.01. The van der Waals surface area contributed by atoms with E-state index in [0.717, 1.165) is 23.1 Å². The fourth-order valence-electron chi connectivity index (χ4n) is 3.19. The highest BCUT2D eigenvalue weighted by atomic mass is 15.3. The lowest BCUT2D eigenvalue weighted by atomic mass is 10.1. The van der Waals surface area contributed by atoms with Crippen LogP contribution in [0.4, 0.5) is 5.95 Å². The van der Waals surface area contributed by atoms with Gasteiger partial charge in [0.05, 0.1) is 17.2 Å². The van der Waals surface area contributed by atoms with Crippen LogP contribution in [0.15, 0.2) is 53.6 Å². The van der Waals surface area contributed by atoms with Gasteiger partial charge in [0, 0.05) is 28.7 Å². The van der Waals surface area contributed by atoms with E-state index >= 15 is 0 Å². The Morgan fingerprint density at radius 3 is 2.79 bits per heavy atom. The zero-order chi connectivity index (χ0) is 16.5. The largest absolute Gasteiger partial charge is 0.344 e. The fourth-order valence-corrected chi connectivity index (χ4v) is 3.19. The van der Waals surface area contributed by atoms with E-state index in [0.29, 0.717) is 5.95 Å². The maximum absolute atomic E-state index is 4.46. The number of nitrogens with one attached hydrogen (secondary N) is 2. The number of imidazole rings is 1. The Labute approximate surface area is 140 Å². The van der Waals surface area contributed by atoms with Crippen LogP contribution in [0.1, 0.15) is 18.2 Å². The molecule has 2 aromatic heterocycles. The second-order valence-electron chi connectivity index (χ2n) is 5.73. The van der Waals surface area contributed by atoms with Crippen LogP contribution in [0.3, 0.4) is 0 Å². The Kier molecular flexibility index (Phi) is 3.54. The molecule has 0 amide bonds. The van der Waals surface area contributed by atoms with Crippen molar-refractivity contribution in [1.29, 1.82) is 0 Å². The first-order valence-electron chi connectivity index (χ1n) is 8.09. The molecule has 120 valence electrons. The lowest BCUT2D eigenvalue weighted by molar-refractivity contribution is 0.769. The van der Waals surface area contributed by atoms with Crippen LogP contribution in [-0.2, 0) is 6.54 Å². The van der Waals surface area contributed by atoms with Crippen LogP contribution >= 0.6 is 0 Å². The van der Waals surface area contributed by atoms with E-state index in [1.807, 2.05) is 30.5 Å². The summed E-state index contributed by atoms with van der Waals surface area (Å²) in [4.78, 5) is 7.67. The van der Waals surface area contributed by atoms with Gasteiger partial charge in [-0.2, -0.15) is 5.10 Å². The molecule has 0 radical (unpaired) electrons. The van der Waals surface area contributed by atoms with Crippen molar-refractivity contribution in [2.24, 2.45) is 5.10 Å². The topological polar surface area (TPSA) is 58.0 Å². The first-order valence-corrected chi connectivity index (χ1v) is 8.09. The van der Waals surface area contributed by atoms with Crippen LogP contribution in [0.2, 0.25) is 0 Å². The molecule has 0 bridgehead atoms. The average molecular weight is 317 g/mol. The second kappa shape index (κ2) is 5.85. The summed E-state index contributed by atoms with van der Waals surface area (Å²) in [5.41, 5.74) is 8.51. The average Bonchev–Trinajstić information content (AvgIpc) is 3.13. The number of benzene rings is 2. The van der Waals surface area contributed by atoms with Gasteiger partial charge in [0.15, 0.2) is 0 Å². The summed E-state index contributed by atoms with van der Waals surface area (Å²) < 4.78 is 2.30. The van der Waals surface area contributed by atoms with Gasteiger partial charge in [0.2, 0.25) is 5.95 Å². The second-order valence-corrected chi connectivity index (χ2v) is 5.73. The van der Waals surface area contributed by atoms with Crippen molar-refractivity contribution in [3.8, 4) is 0 Å². The minimum atomic E-state index is 0.643. The number of aromatic amines is 1. The van der Waals surface area contributed by atoms with E-state index in [-0.39, 0.29) is 0 Å². The number of H-pyrrole nitrogens is 1. The number of aromatic nitrogens is 3. The maximum Gasteiger partial charge on any atom is 0.222 e. The zero-order valence-corrected chi connectivity index (χ0v) is 13.7. The van der Waals surface area contributed by atoms with Gasteiger partial charge in [-0.1, -0.05) is 30.3 Å². The number of nitrogens with zero attached hydrogens (tertiary/aromatic N) is 3. The Hall–Kier alpha value is -3.08. The third-order valence-corrected chi connectivity index (χ3v) is 4.35. The van der Waals surface area contributed by atoms with Crippen LogP contribution in [-0.4, -0.2) is 20.7 Å². The predicted octanol–water partition coefficient (Wildman–Crippen LogP) is 4.29. The molecule has 0 aliphatic rings. The Bertz CT molecular complexity index is 1010. The molecule has 5 nitrogen and oxygen atoms in total. The van der Waals surface area contributed by atoms with Gasteiger partial charge in [-0.3, -0.25) is 0 Å². The molecule has 0 saturated carbocycles. The molecule has 0 aliphatic heterocycles. The standard InChI is InChI=1S/C19H19N5/c1-3-24-13(2)15(14-8-4-7-11-18(14)24)12-20-23-19-21-16-9-5-6-10-17(16)22-19/h4-12H,3H2,1-2H3,(H2,21,22,23)/b20-12-. The Balaban J connectivity index is 1.66. The minimum absolute atomic E-state index is 0.643. The van der Waals surface area contributed by atoms with Crippen molar-refractivity contribution in [3.05, 3.63) is 59.8 Å². The molecule has 2 aromatic carbocycles. The van der Waals surface area contributed by atoms with Crippen molar-refractivity contribution in [2.75, 3.05) is 5.43 Å². The van der Waals surface area contributed by atoms with Crippen LogP contribution in [0.25, 0.3) is 21.9 Å². The smallest absolute Gasteiger partial charge is 0.222 e. The van der Waals surface area contributed by atoms with Crippen molar-refractivity contribution in [2.45, 2.75) is 20.4 Å². The van der Waals surface area contributed by atoms with E-state index < -0.39 is 0 Å².